The van der Waals surface area contributed by atoms with Crippen LogP contribution < -0.4 is 5.32 Å². The minimum Gasteiger partial charge on any atom is -0.381 e. The molecule has 100 valence electrons. The molecule has 0 bridgehead atoms. The van der Waals surface area contributed by atoms with E-state index in [9.17, 15) is 0 Å². The molecule has 2 fully saturated rings. The fraction of sp³-hybridized carbons (Fsp3) is 1.00. The molecule has 5 atom stereocenters. The van der Waals surface area contributed by atoms with Gasteiger partial charge in [0.05, 0.1) is 6.61 Å². The number of likely N-dealkylation sites (tertiary alicyclic amines) is 1. The smallest absolute Gasteiger partial charge is 0.0509 e. The minimum absolute atomic E-state index is 0.598. The van der Waals surface area contributed by atoms with Gasteiger partial charge < -0.3 is 15.0 Å². The molecular formula is C14H28N2O. The van der Waals surface area contributed by atoms with Crippen LogP contribution in [0.2, 0.25) is 0 Å². The zero-order valence-electron chi connectivity index (χ0n) is 11.8. The quantitative estimate of drug-likeness (QED) is 0.813. The van der Waals surface area contributed by atoms with E-state index < -0.39 is 0 Å². The van der Waals surface area contributed by atoms with Gasteiger partial charge >= 0.3 is 0 Å². The van der Waals surface area contributed by atoms with Crippen LogP contribution in [0, 0.1) is 11.8 Å². The van der Waals surface area contributed by atoms with Crippen molar-refractivity contribution >= 4 is 0 Å². The van der Waals surface area contributed by atoms with Gasteiger partial charge in [0.25, 0.3) is 0 Å². The number of rotatable bonds is 3. The van der Waals surface area contributed by atoms with E-state index in [-0.39, 0.29) is 0 Å². The molecule has 2 heterocycles. The normalized spacial score (nSPS) is 41.6. The van der Waals surface area contributed by atoms with Gasteiger partial charge in [-0.1, -0.05) is 6.92 Å². The number of piperidine rings is 1. The van der Waals surface area contributed by atoms with Crippen molar-refractivity contribution < 1.29 is 4.74 Å². The largest absolute Gasteiger partial charge is 0.381 e. The molecule has 0 aromatic heterocycles. The molecule has 3 heteroatoms. The summed E-state index contributed by atoms with van der Waals surface area (Å²) >= 11 is 0. The molecule has 0 aliphatic carbocycles. The van der Waals surface area contributed by atoms with Crippen molar-refractivity contribution in [3.8, 4) is 0 Å². The van der Waals surface area contributed by atoms with Crippen LogP contribution in [0.5, 0.6) is 0 Å². The van der Waals surface area contributed by atoms with Crippen molar-refractivity contribution in [3.63, 3.8) is 0 Å². The lowest BCUT2D eigenvalue weighted by Gasteiger charge is -2.41. The Bertz CT molecular complexity index is 240. The maximum absolute atomic E-state index is 5.48. The summed E-state index contributed by atoms with van der Waals surface area (Å²) < 4.78 is 5.48. The van der Waals surface area contributed by atoms with Gasteiger partial charge in [-0.25, -0.2) is 0 Å². The predicted octanol–water partition coefficient (Wildman–Crippen LogP) is 1.73. The van der Waals surface area contributed by atoms with Crippen molar-refractivity contribution in [2.45, 2.75) is 51.7 Å². The fourth-order valence-electron chi connectivity index (χ4n) is 3.19. The first-order chi connectivity index (χ1) is 8.08. The van der Waals surface area contributed by atoms with Gasteiger partial charge in [-0.3, -0.25) is 0 Å². The summed E-state index contributed by atoms with van der Waals surface area (Å²) in [6.45, 7) is 10.2. The van der Waals surface area contributed by atoms with Gasteiger partial charge in [0.1, 0.15) is 0 Å². The Morgan fingerprint density at radius 1 is 1.35 bits per heavy atom. The van der Waals surface area contributed by atoms with Crippen molar-refractivity contribution in [1.29, 1.82) is 0 Å². The Hall–Kier alpha value is -0.120. The maximum atomic E-state index is 5.48. The number of ether oxygens (including phenoxy) is 1. The van der Waals surface area contributed by atoms with Gasteiger partial charge in [0, 0.05) is 31.3 Å². The molecule has 0 aromatic rings. The molecule has 2 aliphatic heterocycles. The van der Waals surface area contributed by atoms with Crippen LogP contribution >= 0.6 is 0 Å². The molecular weight excluding hydrogens is 212 g/mol. The molecule has 17 heavy (non-hydrogen) atoms. The van der Waals surface area contributed by atoms with Crippen LogP contribution in [0.1, 0.15) is 33.6 Å². The second-order valence-electron chi connectivity index (χ2n) is 6.19. The average Bonchev–Trinajstić information content (AvgIpc) is 2.79. The Labute approximate surface area is 106 Å². The SMILES string of the molecule is CC1CN(C)C(C)CC1NC(C)C1CCOC1. The first-order valence-corrected chi connectivity index (χ1v) is 7.12. The van der Waals surface area contributed by atoms with E-state index in [0.29, 0.717) is 18.1 Å². The summed E-state index contributed by atoms with van der Waals surface area (Å²) in [6, 6.07) is 1.98. The lowest BCUT2D eigenvalue weighted by atomic mass is 9.88. The summed E-state index contributed by atoms with van der Waals surface area (Å²) in [5.74, 6) is 1.47. The molecule has 5 unspecified atom stereocenters. The molecule has 2 saturated heterocycles. The highest BCUT2D eigenvalue weighted by molar-refractivity contribution is 4.89. The van der Waals surface area contributed by atoms with Crippen LogP contribution in [0.4, 0.5) is 0 Å². The number of hydrogen-bond donors (Lipinski definition) is 1. The van der Waals surface area contributed by atoms with Gasteiger partial charge in [0.15, 0.2) is 0 Å². The predicted molar refractivity (Wildman–Crippen MR) is 71.2 cm³/mol. The summed E-state index contributed by atoms with van der Waals surface area (Å²) in [6.07, 6.45) is 2.50. The zero-order valence-corrected chi connectivity index (χ0v) is 11.8. The standard InChI is InChI=1S/C14H28N2O/c1-10-8-16(4)11(2)7-14(10)15-12(3)13-5-6-17-9-13/h10-15H,5-9H2,1-4H3. The minimum atomic E-state index is 0.598. The third-order valence-electron chi connectivity index (χ3n) is 4.76. The van der Waals surface area contributed by atoms with E-state index >= 15 is 0 Å². The van der Waals surface area contributed by atoms with E-state index in [1.165, 1.54) is 19.4 Å². The lowest BCUT2D eigenvalue weighted by molar-refractivity contribution is 0.108. The Morgan fingerprint density at radius 2 is 2.12 bits per heavy atom. The molecule has 0 radical (unpaired) electrons. The second kappa shape index (κ2) is 5.68. The summed E-state index contributed by atoms with van der Waals surface area (Å²) in [5.41, 5.74) is 0. The second-order valence-corrected chi connectivity index (χ2v) is 6.19. The van der Waals surface area contributed by atoms with Crippen molar-refractivity contribution in [1.82, 2.24) is 10.2 Å². The first kappa shape index (κ1) is 13.3. The molecule has 3 nitrogen and oxygen atoms in total. The number of hydrogen-bond acceptors (Lipinski definition) is 3. The molecule has 0 spiro atoms. The monoisotopic (exact) mass is 240 g/mol. The van der Waals surface area contributed by atoms with Crippen LogP contribution in [0.25, 0.3) is 0 Å². The Morgan fingerprint density at radius 3 is 2.76 bits per heavy atom. The van der Waals surface area contributed by atoms with Gasteiger partial charge in [-0.15, -0.1) is 0 Å². The highest BCUT2D eigenvalue weighted by Crippen LogP contribution is 2.23. The number of nitrogens with one attached hydrogen (secondary N) is 1. The first-order valence-electron chi connectivity index (χ1n) is 7.12. The van der Waals surface area contributed by atoms with Crippen LogP contribution in [0.15, 0.2) is 0 Å². The molecule has 0 saturated carbocycles. The average molecular weight is 240 g/mol. The Balaban J connectivity index is 1.84. The van der Waals surface area contributed by atoms with E-state index in [2.05, 4.69) is 38.0 Å². The maximum Gasteiger partial charge on any atom is 0.0509 e. The van der Waals surface area contributed by atoms with E-state index in [1.54, 1.807) is 0 Å². The van der Waals surface area contributed by atoms with E-state index in [1.807, 2.05) is 0 Å². The molecule has 0 amide bonds. The van der Waals surface area contributed by atoms with Gasteiger partial charge in [0.2, 0.25) is 0 Å². The molecule has 0 aromatic carbocycles. The summed E-state index contributed by atoms with van der Waals surface area (Å²) in [5, 5.41) is 3.85. The van der Waals surface area contributed by atoms with Gasteiger partial charge in [-0.05, 0) is 45.6 Å². The van der Waals surface area contributed by atoms with Gasteiger partial charge in [-0.2, -0.15) is 0 Å². The van der Waals surface area contributed by atoms with Crippen LogP contribution in [0.3, 0.4) is 0 Å². The molecule has 2 aliphatic rings. The lowest BCUT2D eigenvalue weighted by Crippen LogP contribution is -2.54. The van der Waals surface area contributed by atoms with Crippen molar-refractivity contribution in [3.05, 3.63) is 0 Å². The third-order valence-corrected chi connectivity index (χ3v) is 4.76. The number of nitrogens with zero attached hydrogens (tertiary/aromatic N) is 1. The van der Waals surface area contributed by atoms with Crippen LogP contribution in [-0.2, 0) is 4.74 Å². The van der Waals surface area contributed by atoms with Crippen molar-refractivity contribution in [2.75, 3.05) is 26.8 Å². The molecule has 2 rings (SSSR count). The van der Waals surface area contributed by atoms with E-state index in [0.717, 1.165) is 25.0 Å². The van der Waals surface area contributed by atoms with E-state index in [4.69, 9.17) is 4.74 Å². The van der Waals surface area contributed by atoms with Crippen molar-refractivity contribution in [2.24, 2.45) is 11.8 Å². The topological polar surface area (TPSA) is 24.5 Å². The highest BCUT2D eigenvalue weighted by atomic mass is 16.5. The Kier molecular flexibility index (Phi) is 4.45. The third kappa shape index (κ3) is 3.21. The van der Waals surface area contributed by atoms with Crippen LogP contribution in [-0.4, -0.2) is 49.8 Å². The summed E-state index contributed by atoms with van der Waals surface area (Å²) in [4.78, 5) is 2.48. The highest BCUT2D eigenvalue weighted by Gasteiger charge is 2.31. The fourth-order valence-corrected chi connectivity index (χ4v) is 3.19. The zero-order chi connectivity index (χ0) is 12.4. The summed E-state index contributed by atoms with van der Waals surface area (Å²) in [7, 11) is 2.24. The molecule has 1 N–H and O–H groups in total.